The van der Waals surface area contributed by atoms with Gasteiger partial charge in [0.15, 0.2) is 0 Å². The van der Waals surface area contributed by atoms with Crippen LogP contribution >= 0.6 is 0 Å². The molecular formula is C18H23NO3. The Labute approximate surface area is 132 Å². The number of rotatable bonds is 7. The van der Waals surface area contributed by atoms with Crippen molar-refractivity contribution in [3.63, 3.8) is 0 Å². The molecule has 0 unspecified atom stereocenters. The molecule has 1 N–H and O–H groups in total. The maximum Gasteiger partial charge on any atom is 0.139 e. The molecule has 0 saturated carbocycles. The molecule has 0 fully saturated rings. The molecule has 2 aromatic carbocycles. The van der Waals surface area contributed by atoms with E-state index >= 15 is 0 Å². The molecule has 0 aliphatic carbocycles. The van der Waals surface area contributed by atoms with Gasteiger partial charge in [0, 0.05) is 6.04 Å². The molecule has 0 saturated heterocycles. The number of hydrogen-bond donors (Lipinski definition) is 1. The maximum atomic E-state index is 6.17. The van der Waals surface area contributed by atoms with Crippen molar-refractivity contribution in [1.29, 1.82) is 0 Å². The van der Waals surface area contributed by atoms with Crippen LogP contribution in [-0.2, 0) is 0 Å². The Bertz CT molecular complexity index is 566. The van der Waals surface area contributed by atoms with E-state index in [4.69, 9.17) is 14.2 Å². The average Bonchev–Trinajstić information content (AvgIpc) is 2.59. The average molecular weight is 301 g/mol. The molecule has 4 nitrogen and oxygen atoms in total. The second-order valence-corrected chi connectivity index (χ2v) is 5.06. The van der Waals surface area contributed by atoms with Gasteiger partial charge in [0.25, 0.3) is 0 Å². The lowest BCUT2D eigenvalue weighted by Crippen LogP contribution is -2.32. The molecule has 0 heterocycles. The smallest absolute Gasteiger partial charge is 0.139 e. The molecule has 0 aromatic heterocycles. The van der Waals surface area contributed by atoms with Gasteiger partial charge < -0.3 is 19.5 Å². The lowest BCUT2D eigenvalue weighted by atomic mass is 10.0. The Kier molecular flexibility index (Phi) is 5.67. The Hall–Kier alpha value is -2.20. The van der Waals surface area contributed by atoms with Gasteiger partial charge in [-0.1, -0.05) is 12.1 Å². The van der Waals surface area contributed by atoms with E-state index in [1.165, 1.54) is 0 Å². The molecule has 2 aromatic rings. The summed E-state index contributed by atoms with van der Waals surface area (Å²) in [6.07, 6.45) is -0.0932. The highest BCUT2D eigenvalue weighted by molar-refractivity contribution is 5.33. The lowest BCUT2D eigenvalue weighted by molar-refractivity contribution is 0.166. The van der Waals surface area contributed by atoms with Crippen molar-refractivity contribution < 1.29 is 14.2 Å². The van der Waals surface area contributed by atoms with E-state index < -0.39 is 0 Å². The fraction of sp³-hybridized carbons (Fsp3) is 0.333. The number of nitrogens with one attached hydrogen (secondary N) is 1. The molecule has 4 heteroatoms. The van der Waals surface area contributed by atoms with Crippen LogP contribution < -0.4 is 19.5 Å². The Morgan fingerprint density at radius 1 is 0.773 bits per heavy atom. The molecular weight excluding hydrogens is 278 g/mol. The molecule has 118 valence electrons. The van der Waals surface area contributed by atoms with E-state index in [0.717, 1.165) is 22.8 Å². The third-order valence-corrected chi connectivity index (χ3v) is 3.68. The number of benzene rings is 2. The second kappa shape index (κ2) is 7.71. The molecule has 0 aliphatic heterocycles. The predicted molar refractivity (Wildman–Crippen MR) is 87.9 cm³/mol. The molecule has 0 bridgehead atoms. The third-order valence-electron chi connectivity index (χ3n) is 3.68. The normalized spacial score (nSPS) is 13.3. The Morgan fingerprint density at radius 3 is 1.68 bits per heavy atom. The zero-order valence-corrected chi connectivity index (χ0v) is 13.5. The molecule has 0 amide bonds. The van der Waals surface area contributed by atoms with E-state index in [2.05, 4.69) is 12.2 Å². The fourth-order valence-corrected chi connectivity index (χ4v) is 2.20. The van der Waals surface area contributed by atoms with Crippen molar-refractivity contribution in [2.75, 3.05) is 21.3 Å². The number of hydrogen-bond acceptors (Lipinski definition) is 4. The van der Waals surface area contributed by atoms with Crippen molar-refractivity contribution in [2.45, 2.75) is 19.1 Å². The molecule has 2 rings (SSSR count). The first-order valence-electron chi connectivity index (χ1n) is 7.30. The highest BCUT2D eigenvalue weighted by Crippen LogP contribution is 2.27. The second-order valence-electron chi connectivity index (χ2n) is 5.06. The number of methoxy groups -OCH3 is 2. The van der Waals surface area contributed by atoms with Crippen LogP contribution in [0.5, 0.6) is 17.2 Å². The number of ether oxygens (including phenoxy) is 3. The minimum atomic E-state index is -0.0932. The SMILES string of the molecule is CN[C@@H](C)[C@H](Oc1ccc(OC)cc1)c1ccc(OC)cc1. The first-order chi connectivity index (χ1) is 10.7. The van der Waals surface area contributed by atoms with Gasteiger partial charge in [-0.25, -0.2) is 0 Å². The monoisotopic (exact) mass is 301 g/mol. The molecule has 0 radical (unpaired) electrons. The quantitative estimate of drug-likeness (QED) is 0.850. The highest BCUT2D eigenvalue weighted by atomic mass is 16.5. The lowest BCUT2D eigenvalue weighted by Gasteiger charge is -2.25. The standard InChI is InChI=1S/C18H23NO3/c1-13(19-2)18(14-5-7-15(20-3)8-6-14)22-17-11-9-16(21-4)10-12-17/h5-13,18-19H,1-4H3/t13-,18-/m0/s1. The fourth-order valence-electron chi connectivity index (χ4n) is 2.20. The predicted octanol–water partition coefficient (Wildman–Crippen LogP) is 3.43. The van der Waals surface area contributed by atoms with Gasteiger partial charge in [-0.15, -0.1) is 0 Å². The zero-order valence-electron chi connectivity index (χ0n) is 13.5. The van der Waals surface area contributed by atoms with Gasteiger partial charge in [-0.2, -0.15) is 0 Å². The summed E-state index contributed by atoms with van der Waals surface area (Å²) >= 11 is 0. The van der Waals surface area contributed by atoms with E-state index in [0.29, 0.717) is 0 Å². The summed E-state index contributed by atoms with van der Waals surface area (Å²) in [5.74, 6) is 2.46. The van der Waals surface area contributed by atoms with Crippen LogP contribution in [0.3, 0.4) is 0 Å². The highest BCUT2D eigenvalue weighted by Gasteiger charge is 2.20. The summed E-state index contributed by atoms with van der Waals surface area (Å²) in [6.45, 7) is 2.10. The zero-order chi connectivity index (χ0) is 15.9. The molecule has 0 aliphatic rings. The summed E-state index contributed by atoms with van der Waals surface area (Å²) < 4.78 is 16.5. The first-order valence-corrected chi connectivity index (χ1v) is 7.30. The van der Waals surface area contributed by atoms with Crippen molar-refractivity contribution in [3.05, 3.63) is 54.1 Å². The van der Waals surface area contributed by atoms with E-state index in [1.54, 1.807) is 14.2 Å². The van der Waals surface area contributed by atoms with Crippen molar-refractivity contribution in [3.8, 4) is 17.2 Å². The summed E-state index contributed by atoms with van der Waals surface area (Å²) in [7, 11) is 5.24. The Morgan fingerprint density at radius 2 is 1.23 bits per heavy atom. The first kappa shape index (κ1) is 16.2. The van der Waals surface area contributed by atoms with Crippen molar-refractivity contribution in [2.24, 2.45) is 0 Å². The third kappa shape index (κ3) is 3.92. The van der Waals surface area contributed by atoms with Crippen LogP contribution in [0.4, 0.5) is 0 Å². The van der Waals surface area contributed by atoms with Crippen LogP contribution in [0, 0.1) is 0 Å². The van der Waals surface area contributed by atoms with Gasteiger partial charge in [-0.05, 0) is 55.9 Å². The van der Waals surface area contributed by atoms with E-state index in [1.807, 2.05) is 55.6 Å². The largest absolute Gasteiger partial charge is 0.497 e. The van der Waals surface area contributed by atoms with Gasteiger partial charge in [0.2, 0.25) is 0 Å². The van der Waals surface area contributed by atoms with Gasteiger partial charge in [0.1, 0.15) is 23.4 Å². The Balaban J connectivity index is 2.20. The summed E-state index contributed by atoms with van der Waals surface area (Å²) in [5, 5.41) is 3.25. The van der Waals surface area contributed by atoms with Gasteiger partial charge >= 0.3 is 0 Å². The summed E-state index contributed by atoms with van der Waals surface area (Å²) in [6, 6.07) is 15.7. The topological polar surface area (TPSA) is 39.7 Å². The van der Waals surface area contributed by atoms with E-state index in [9.17, 15) is 0 Å². The number of likely N-dealkylation sites (N-methyl/N-ethyl adjacent to an activating group) is 1. The van der Waals surface area contributed by atoms with Crippen LogP contribution in [0.15, 0.2) is 48.5 Å². The van der Waals surface area contributed by atoms with Crippen LogP contribution in [0.25, 0.3) is 0 Å². The van der Waals surface area contributed by atoms with Crippen LogP contribution in [0.2, 0.25) is 0 Å². The van der Waals surface area contributed by atoms with Gasteiger partial charge in [0.05, 0.1) is 14.2 Å². The minimum absolute atomic E-state index is 0.0932. The van der Waals surface area contributed by atoms with Crippen molar-refractivity contribution in [1.82, 2.24) is 5.32 Å². The van der Waals surface area contributed by atoms with Crippen LogP contribution in [0.1, 0.15) is 18.6 Å². The molecule has 2 atom stereocenters. The molecule has 22 heavy (non-hydrogen) atoms. The summed E-state index contributed by atoms with van der Waals surface area (Å²) in [4.78, 5) is 0. The van der Waals surface area contributed by atoms with Gasteiger partial charge in [-0.3, -0.25) is 0 Å². The van der Waals surface area contributed by atoms with E-state index in [-0.39, 0.29) is 12.1 Å². The van der Waals surface area contributed by atoms with Crippen LogP contribution in [-0.4, -0.2) is 27.3 Å². The summed E-state index contributed by atoms with van der Waals surface area (Å²) in [5.41, 5.74) is 1.10. The maximum absolute atomic E-state index is 6.17. The van der Waals surface area contributed by atoms with Crippen molar-refractivity contribution >= 4 is 0 Å². The minimum Gasteiger partial charge on any atom is -0.497 e. The molecule has 0 spiro atoms.